The van der Waals surface area contributed by atoms with E-state index in [9.17, 15) is 13.4 Å². The van der Waals surface area contributed by atoms with Crippen LogP contribution in [0.25, 0.3) is 6.08 Å². The third-order valence-electron chi connectivity index (χ3n) is 4.37. The van der Waals surface area contributed by atoms with E-state index in [2.05, 4.69) is 54.8 Å². The zero-order valence-corrected chi connectivity index (χ0v) is 18.1. The van der Waals surface area contributed by atoms with Crippen LogP contribution in [0, 0.1) is 5.82 Å². The number of carbonyl (C=O) groups excluding carboxylic acids is 1. The van der Waals surface area contributed by atoms with E-state index in [0.29, 0.717) is 17.7 Å². The molecule has 156 valence electrons. The Kier molecular flexibility index (Phi) is 7.56. The lowest BCUT2D eigenvalue weighted by molar-refractivity contribution is 0.240. The summed E-state index contributed by atoms with van der Waals surface area (Å²) in [5.74, 6) is -0.547. The van der Waals surface area contributed by atoms with Crippen molar-refractivity contribution >= 4 is 28.8 Å². The molecule has 2 aromatic carbocycles. The van der Waals surface area contributed by atoms with Gasteiger partial charge in [-0.1, -0.05) is 57.7 Å². The van der Waals surface area contributed by atoms with Gasteiger partial charge in [-0.15, -0.1) is 0 Å². The van der Waals surface area contributed by atoms with Gasteiger partial charge in [0.15, 0.2) is 0 Å². The van der Waals surface area contributed by atoms with Crippen molar-refractivity contribution in [1.82, 2.24) is 10.6 Å². The Labute approximate surface area is 174 Å². The van der Waals surface area contributed by atoms with Crippen LogP contribution in [0.2, 0.25) is 0 Å². The fourth-order valence-corrected chi connectivity index (χ4v) is 3.25. The molecule has 0 saturated carbocycles. The summed E-state index contributed by atoms with van der Waals surface area (Å²) in [6.07, 6.45) is 2.89. The first kappa shape index (κ1) is 22.6. The minimum atomic E-state index is -1.40. The molecule has 0 aromatic heterocycles. The number of hydrogen-bond acceptors (Lipinski definition) is 2. The lowest BCUT2D eigenvalue weighted by Gasteiger charge is -2.19. The van der Waals surface area contributed by atoms with E-state index in [0.717, 1.165) is 5.56 Å². The van der Waals surface area contributed by atoms with Crippen LogP contribution in [0.5, 0.6) is 0 Å². The van der Waals surface area contributed by atoms with Crippen molar-refractivity contribution in [2.75, 3.05) is 11.0 Å². The molecule has 0 bridgehead atoms. The second-order valence-electron chi connectivity index (χ2n) is 7.79. The number of nitrogens with one attached hydrogen (secondary N) is 3. The highest BCUT2D eigenvalue weighted by Crippen LogP contribution is 2.24. The monoisotopic (exact) mass is 417 g/mol. The van der Waals surface area contributed by atoms with Crippen LogP contribution in [-0.2, 0) is 29.5 Å². The summed E-state index contributed by atoms with van der Waals surface area (Å²) in [5, 5.41) is 5.50. The first-order chi connectivity index (χ1) is 13.6. The highest BCUT2D eigenvalue weighted by Gasteiger charge is 2.13. The molecule has 1 atom stereocenters. The maximum atomic E-state index is 14.3. The van der Waals surface area contributed by atoms with E-state index >= 15 is 0 Å². The fraction of sp³-hybridized carbons (Fsp3) is 0.318. The SMILES string of the molecule is C=Cc1cc(CNC(=O)NCc2ccc(C(C)(C)C)cc2)cc(F)c1NS(C)=O. The smallest absolute Gasteiger partial charge is 0.315 e. The normalized spacial score (nSPS) is 12.2. The maximum absolute atomic E-state index is 14.3. The standard InChI is InChI=1S/C22H28FN3O2S/c1-6-17-11-16(12-19(23)20(17)26-29(5)28)14-25-21(27)24-13-15-7-9-18(10-8-15)22(2,3)4/h6-12,26H,1,13-14H2,2-5H3,(H2,24,25,27). The molecule has 3 N–H and O–H groups in total. The van der Waals surface area contributed by atoms with Gasteiger partial charge in [0.05, 0.1) is 5.69 Å². The van der Waals surface area contributed by atoms with E-state index in [1.54, 1.807) is 6.07 Å². The summed E-state index contributed by atoms with van der Waals surface area (Å²) in [7, 11) is -1.40. The zero-order valence-electron chi connectivity index (χ0n) is 17.3. The molecule has 0 aliphatic heterocycles. The fourth-order valence-electron chi connectivity index (χ4n) is 2.75. The molecule has 5 nitrogen and oxygen atoms in total. The van der Waals surface area contributed by atoms with Gasteiger partial charge >= 0.3 is 6.03 Å². The summed E-state index contributed by atoms with van der Waals surface area (Å²) in [6.45, 7) is 10.7. The predicted octanol–water partition coefficient (Wildman–Crippen LogP) is 4.47. The number of halogens is 1. The average molecular weight is 418 g/mol. The van der Waals surface area contributed by atoms with E-state index in [-0.39, 0.29) is 23.7 Å². The third kappa shape index (κ3) is 6.71. The van der Waals surface area contributed by atoms with Crippen LogP contribution < -0.4 is 15.4 Å². The van der Waals surface area contributed by atoms with Crippen molar-refractivity contribution in [3.63, 3.8) is 0 Å². The van der Waals surface area contributed by atoms with Gasteiger partial charge in [0.2, 0.25) is 0 Å². The van der Waals surface area contributed by atoms with E-state index in [4.69, 9.17) is 0 Å². The molecule has 2 aromatic rings. The van der Waals surface area contributed by atoms with Gasteiger partial charge in [-0.05, 0) is 34.2 Å². The van der Waals surface area contributed by atoms with Gasteiger partial charge < -0.3 is 15.4 Å². The average Bonchev–Trinajstić information content (AvgIpc) is 2.65. The number of amides is 2. The van der Waals surface area contributed by atoms with Crippen LogP contribution in [0.15, 0.2) is 43.0 Å². The molecule has 7 heteroatoms. The van der Waals surface area contributed by atoms with E-state index < -0.39 is 16.8 Å². The third-order valence-corrected chi connectivity index (χ3v) is 4.86. The Morgan fingerprint density at radius 3 is 2.21 bits per heavy atom. The Hall–Kier alpha value is -2.67. The first-order valence-electron chi connectivity index (χ1n) is 9.26. The van der Waals surface area contributed by atoms with Gasteiger partial charge in [-0.25, -0.2) is 13.4 Å². The van der Waals surface area contributed by atoms with Crippen LogP contribution in [-0.4, -0.2) is 16.5 Å². The molecule has 0 aliphatic carbocycles. The minimum absolute atomic E-state index is 0.0835. The number of anilines is 1. The van der Waals surface area contributed by atoms with Crippen LogP contribution in [0.3, 0.4) is 0 Å². The van der Waals surface area contributed by atoms with Gasteiger partial charge in [0, 0.05) is 24.9 Å². The molecule has 0 fully saturated rings. The number of hydrogen-bond donors (Lipinski definition) is 3. The molecule has 2 rings (SSSR count). The van der Waals surface area contributed by atoms with Crippen molar-refractivity contribution in [2.24, 2.45) is 0 Å². The van der Waals surface area contributed by atoms with Crippen LogP contribution in [0.4, 0.5) is 14.9 Å². The molecule has 0 spiro atoms. The van der Waals surface area contributed by atoms with Gasteiger partial charge in [0.25, 0.3) is 0 Å². The number of carbonyl (C=O) groups is 1. The first-order valence-corrected chi connectivity index (χ1v) is 10.8. The highest BCUT2D eigenvalue weighted by atomic mass is 32.2. The molecule has 0 aliphatic rings. The molecule has 2 amide bonds. The molecule has 0 heterocycles. The summed E-state index contributed by atoms with van der Waals surface area (Å²) in [5.41, 5.74) is 3.51. The summed E-state index contributed by atoms with van der Waals surface area (Å²) >= 11 is 0. The number of benzene rings is 2. The Bertz CT molecular complexity index is 906. The molecular weight excluding hydrogens is 389 g/mol. The molecule has 1 unspecified atom stereocenters. The van der Waals surface area contributed by atoms with Crippen molar-refractivity contribution in [3.05, 3.63) is 71.0 Å². The topological polar surface area (TPSA) is 70.2 Å². The van der Waals surface area contributed by atoms with Crippen LogP contribution >= 0.6 is 0 Å². The minimum Gasteiger partial charge on any atom is -0.334 e. The van der Waals surface area contributed by atoms with Crippen molar-refractivity contribution in [3.8, 4) is 0 Å². The largest absolute Gasteiger partial charge is 0.334 e. The maximum Gasteiger partial charge on any atom is 0.315 e. The van der Waals surface area contributed by atoms with Crippen molar-refractivity contribution < 1.29 is 13.4 Å². The van der Waals surface area contributed by atoms with E-state index in [1.807, 2.05) is 12.1 Å². The predicted molar refractivity (Wildman–Crippen MR) is 118 cm³/mol. The van der Waals surface area contributed by atoms with E-state index in [1.165, 1.54) is 24.0 Å². The highest BCUT2D eigenvalue weighted by molar-refractivity contribution is 7.85. The number of urea groups is 1. The van der Waals surface area contributed by atoms with Crippen molar-refractivity contribution in [2.45, 2.75) is 39.3 Å². The van der Waals surface area contributed by atoms with Gasteiger partial charge in [-0.2, -0.15) is 0 Å². The lowest BCUT2D eigenvalue weighted by atomic mass is 9.87. The zero-order chi connectivity index (χ0) is 21.6. The van der Waals surface area contributed by atoms with Crippen molar-refractivity contribution in [1.29, 1.82) is 0 Å². The quantitative estimate of drug-likeness (QED) is 0.622. The second kappa shape index (κ2) is 9.69. The summed E-state index contributed by atoms with van der Waals surface area (Å²) in [4.78, 5) is 12.1. The van der Waals surface area contributed by atoms with Crippen LogP contribution in [0.1, 0.15) is 43.0 Å². The van der Waals surface area contributed by atoms with Gasteiger partial charge in [0.1, 0.15) is 16.8 Å². The summed E-state index contributed by atoms with van der Waals surface area (Å²) in [6, 6.07) is 10.8. The Morgan fingerprint density at radius 1 is 1.10 bits per heavy atom. The second-order valence-corrected chi connectivity index (χ2v) is 8.90. The molecule has 0 radical (unpaired) electrons. The Morgan fingerprint density at radius 2 is 1.69 bits per heavy atom. The van der Waals surface area contributed by atoms with Gasteiger partial charge in [-0.3, -0.25) is 0 Å². The molecular formula is C22H28FN3O2S. The molecule has 0 saturated heterocycles. The Balaban J connectivity index is 1.93. The molecule has 29 heavy (non-hydrogen) atoms. The number of rotatable bonds is 7. The summed E-state index contributed by atoms with van der Waals surface area (Å²) < 4.78 is 28.2. The lowest BCUT2D eigenvalue weighted by Crippen LogP contribution is -2.34.